The highest BCUT2D eigenvalue weighted by Gasteiger charge is 2.17. The van der Waals surface area contributed by atoms with Crippen LogP contribution in [0.1, 0.15) is 0 Å². The van der Waals surface area contributed by atoms with Crippen molar-refractivity contribution < 1.29 is 18.3 Å². The lowest BCUT2D eigenvalue weighted by Crippen LogP contribution is -2.08. The first-order valence-corrected chi connectivity index (χ1v) is 7.10. The maximum Gasteiger partial charge on any atom is 0.256 e. The van der Waals surface area contributed by atoms with E-state index in [9.17, 15) is 8.78 Å². The second-order valence-electron chi connectivity index (χ2n) is 5.00. The first-order valence-electron chi connectivity index (χ1n) is 7.10. The molecular formula is C17H16F2N2O2. The third-order valence-corrected chi connectivity index (χ3v) is 3.62. The van der Waals surface area contributed by atoms with Gasteiger partial charge >= 0.3 is 0 Å². The predicted molar refractivity (Wildman–Crippen MR) is 84.3 cm³/mol. The number of fused-ring (bicyclic) bond motifs is 1. The maximum absolute atomic E-state index is 13.0. The number of ether oxygens (including phenoxy) is 2. The average molecular weight is 318 g/mol. The standard InChI is InChI=1S/C17H16F2N2O2/c1-22-14-8-7-11(9-15(14)23-2)17-20-12-5-3-4-6-13(12)21(17)10-16(18)19/h3-9,16H,10H2,1-2H3. The SMILES string of the molecule is COc1ccc(-c2nc3ccccc3n2CC(F)F)cc1OC. The number of hydrogen-bond acceptors (Lipinski definition) is 3. The molecule has 120 valence electrons. The smallest absolute Gasteiger partial charge is 0.256 e. The van der Waals surface area contributed by atoms with Gasteiger partial charge in [0.25, 0.3) is 6.43 Å². The second-order valence-corrected chi connectivity index (χ2v) is 5.00. The van der Waals surface area contributed by atoms with E-state index in [2.05, 4.69) is 4.98 Å². The number of rotatable bonds is 5. The molecule has 0 saturated heterocycles. The van der Waals surface area contributed by atoms with Crippen LogP contribution in [0.3, 0.4) is 0 Å². The number of benzene rings is 2. The quantitative estimate of drug-likeness (QED) is 0.714. The lowest BCUT2D eigenvalue weighted by atomic mass is 10.2. The molecule has 2 aromatic carbocycles. The first-order chi connectivity index (χ1) is 11.1. The minimum atomic E-state index is -2.47. The molecule has 0 atom stereocenters. The van der Waals surface area contributed by atoms with Gasteiger partial charge in [0.15, 0.2) is 11.5 Å². The zero-order valence-electron chi connectivity index (χ0n) is 12.8. The van der Waals surface area contributed by atoms with Crippen LogP contribution < -0.4 is 9.47 Å². The monoisotopic (exact) mass is 318 g/mol. The van der Waals surface area contributed by atoms with Crippen molar-refractivity contribution in [3.8, 4) is 22.9 Å². The van der Waals surface area contributed by atoms with Crippen molar-refractivity contribution in [2.75, 3.05) is 14.2 Å². The molecule has 0 bridgehead atoms. The number of methoxy groups -OCH3 is 2. The van der Waals surface area contributed by atoms with Gasteiger partial charge in [-0.15, -0.1) is 0 Å². The Morgan fingerprint density at radius 3 is 2.48 bits per heavy atom. The van der Waals surface area contributed by atoms with Gasteiger partial charge in [0.05, 0.1) is 31.8 Å². The third kappa shape index (κ3) is 2.84. The summed E-state index contributed by atoms with van der Waals surface area (Å²) in [5.74, 6) is 1.58. The van der Waals surface area contributed by atoms with E-state index in [4.69, 9.17) is 9.47 Å². The Kier molecular flexibility index (Phi) is 4.14. The topological polar surface area (TPSA) is 36.3 Å². The number of halogens is 2. The Balaban J connectivity index is 2.19. The van der Waals surface area contributed by atoms with Crippen LogP contribution in [0.2, 0.25) is 0 Å². The molecule has 0 unspecified atom stereocenters. The molecule has 0 aliphatic heterocycles. The Bertz CT molecular complexity index is 831. The van der Waals surface area contributed by atoms with Crippen LogP contribution in [0.25, 0.3) is 22.4 Å². The zero-order chi connectivity index (χ0) is 16.4. The molecular weight excluding hydrogens is 302 g/mol. The lowest BCUT2D eigenvalue weighted by Gasteiger charge is -2.11. The number of hydrogen-bond donors (Lipinski definition) is 0. The number of nitrogens with zero attached hydrogens (tertiary/aromatic N) is 2. The third-order valence-electron chi connectivity index (χ3n) is 3.62. The van der Waals surface area contributed by atoms with Crippen LogP contribution in [0, 0.1) is 0 Å². The molecule has 0 aliphatic rings. The van der Waals surface area contributed by atoms with Crippen molar-refractivity contribution in [2.24, 2.45) is 0 Å². The van der Waals surface area contributed by atoms with Crippen LogP contribution in [0.15, 0.2) is 42.5 Å². The van der Waals surface area contributed by atoms with Crippen molar-refractivity contribution in [3.05, 3.63) is 42.5 Å². The zero-order valence-corrected chi connectivity index (χ0v) is 12.8. The van der Waals surface area contributed by atoms with Gasteiger partial charge in [-0.1, -0.05) is 12.1 Å². The van der Waals surface area contributed by atoms with Crippen molar-refractivity contribution in [1.82, 2.24) is 9.55 Å². The van der Waals surface area contributed by atoms with Crippen LogP contribution in [-0.4, -0.2) is 30.2 Å². The molecule has 0 saturated carbocycles. The van der Waals surface area contributed by atoms with Gasteiger partial charge in [-0.05, 0) is 30.3 Å². The summed E-state index contributed by atoms with van der Waals surface area (Å²) in [7, 11) is 3.08. The summed E-state index contributed by atoms with van der Waals surface area (Å²) in [5.41, 5.74) is 2.05. The van der Waals surface area contributed by atoms with Crippen LogP contribution >= 0.6 is 0 Å². The van der Waals surface area contributed by atoms with Gasteiger partial charge in [-0.25, -0.2) is 13.8 Å². The molecule has 0 radical (unpaired) electrons. The molecule has 1 heterocycles. The Hall–Kier alpha value is -2.63. The van der Waals surface area contributed by atoms with Crippen molar-refractivity contribution in [2.45, 2.75) is 13.0 Å². The highest BCUT2D eigenvalue weighted by Crippen LogP contribution is 2.33. The molecule has 3 rings (SSSR count). The number of imidazole rings is 1. The molecule has 6 heteroatoms. The van der Waals surface area contributed by atoms with E-state index >= 15 is 0 Å². The highest BCUT2D eigenvalue weighted by molar-refractivity contribution is 5.81. The van der Waals surface area contributed by atoms with Crippen molar-refractivity contribution >= 4 is 11.0 Å². The van der Waals surface area contributed by atoms with Gasteiger partial charge in [0.1, 0.15) is 5.82 Å². The summed E-state index contributed by atoms with van der Waals surface area (Å²) in [4.78, 5) is 4.50. The molecule has 3 aromatic rings. The summed E-state index contributed by atoms with van der Waals surface area (Å²) < 4.78 is 38.0. The molecule has 4 nitrogen and oxygen atoms in total. The first kappa shape index (κ1) is 15.3. The molecule has 23 heavy (non-hydrogen) atoms. The van der Waals surface area contributed by atoms with Crippen molar-refractivity contribution in [3.63, 3.8) is 0 Å². The molecule has 0 spiro atoms. The van der Waals surface area contributed by atoms with Crippen molar-refractivity contribution in [1.29, 1.82) is 0 Å². The van der Waals surface area contributed by atoms with Gasteiger partial charge < -0.3 is 14.0 Å². The van der Waals surface area contributed by atoms with E-state index in [1.807, 2.05) is 18.2 Å². The Labute approximate surface area is 132 Å². The van der Waals surface area contributed by atoms with E-state index in [1.165, 1.54) is 11.7 Å². The van der Waals surface area contributed by atoms with E-state index in [0.717, 1.165) is 0 Å². The van der Waals surface area contributed by atoms with E-state index in [-0.39, 0.29) is 0 Å². The fourth-order valence-corrected chi connectivity index (χ4v) is 2.59. The minimum Gasteiger partial charge on any atom is -0.493 e. The largest absolute Gasteiger partial charge is 0.493 e. The minimum absolute atomic E-state index is 0.413. The summed E-state index contributed by atoms with van der Waals surface area (Å²) in [5, 5.41) is 0. The van der Waals surface area contributed by atoms with Crippen LogP contribution in [0.4, 0.5) is 8.78 Å². The highest BCUT2D eigenvalue weighted by atomic mass is 19.3. The van der Waals surface area contributed by atoms with Gasteiger partial charge in [-0.3, -0.25) is 0 Å². The Morgan fingerprint density at radius 2 is 1.78 bits per heavy atom. The molecule has 0 N–H and O–H groups in total. The summed E-state index contributed by atoms with van der Waals surface area (Å²) in [6.07, 6.45) is -2.47. The fourth-order valence-electron chi connectivity index (χ4n) is 2.59. The predicted octanol–water partition coefficient (Wildman–Crippen LogP) is 3.99. The van der Waals surface area contributed by atoms with Gasteiger partial charge in [0, 0.05) is 5.56 Å². The van der Waals surface area contributed by atoms with Gasteiger partial charge in [-0.2, -0.15) is 0 Å². The summed E-state index contributed by atoms with van der Waals surface area (Å²) in [6.45, 7) is -0.413. The molecule has 0 fully saturated rings. The van der Waals surface area contributed by atoms with Crippen LogP contribution in [-0.2, 0) is 6.54 Å². The second kappa shape index (κ2) is 6.24. The number of alkyl halides is 2. The average Bonchev–Trinajstić information content (AvgIpc) is 2.92. The maximum atomic E-state index is 13.0. The lowest BCUT2D eigenvalue weighted by molar-refractivity contribution is 0.128. The number of aromatic nitrogens is 2. The Morgan fingerprint density at radius 1 is 1.04 bits per heavy atom. The molecule has 0 aliphatic carbocycles. The summed E-state index contributed by atoms with van der Waals surface area (Å²) >= 11 is 0. The molecule has 0 amide bonds. The van der Waals surface area contributed by atoms with Gasteiger partial charge in [0.2, 0.25) is 0 Å². The van der Waals surface area contributed by atoms with E-state index < -0.39 is 13.0 Å². The van der Waals surface area contributed by atoms with E-state index in [0.29, 0.717) is 33.9 Å². The number of para-hydroxylation sites is 2. The van der Waals surface area contributed by atoms with E-state index in [1.54, 1.807) is 31.4 Å². The normalized spacial score (nSPS) is 11.2. The van der Waals surface area contributed by atoms with Crippen LogP contribution in [0.5, 0.6) is 11.5 Å². The summed E-state index contributed by atoms with van der Waals surface area (Å²) in [6, 6.07) is 12.5. The molecule has 1 aromatic heterocycles. The fraction of sp³-hybridized carbons (Fsp3) is 0.235.